The second kappa shape index (κ2) is 10.2. The fourth-order valence-electron chi connectivity index (χ4n) is 3.67. The van der Waals surface area contributed by atoms with Crippen molar-refractivity contribution in [3.63, 3.8) is 0 Å². The Balaban J connectivity index is 1.69. The van der Waals surface area contributed by atoms with Crippen LogP contribution >= 0.6 is 22.6 Å². The van der Waals surface area contributed by atoms with Crippen LogP contribution in [0.5, 0.6) is 11.5 Å². The number of rotatable bonds is 6. The van der Waals surface area contributed by atoms with Crippen molar-refractivity contribution in [3.05, 3.63) is 105 Å². The molecule has 0 radical (unpaired) electrons. The number of nitriles is 2. The summed E-state index contributed by atoms with van der Waals surface area (Å²) in [6.45, 7) is 0.255. The minimum absolute atomic E-state index is 0.255. The van der Waals surface area contributed by atoms with Gasteiger partial charge in [-0.05, 0) is 63.2 Å². The number of hydrogen-bond donors (Lipinski definition) is 0. The summed E-state index contributed by atoms with van der Waals surface area (Å²) in [6.07, 6.45) is 1.86. The van der Waals surface area contributed by atoms with Crippen molar-refractivity contribution in [2.45, 2.75) is 6.61 Å². The Bertz CT molecular complexity index is 1440. The quantitative estimate of drug-likeness (QED) is 0.150. The molecule has 0 bridgehead atoms. The van der Waals surface area contributed by atoms with Crippen LogP contribution in [0.1, 0.15) is 22.3 Å². The van der Waals surface area contributed by atoms with Gasteiger partial charge >= 0.3 is 0 Å². The number of fused-ring (bicyclic) bond motifs is 1. The SMILES string of the molecule is COc1cc(/C=C(/C#N)c2cccc3ccccc23)cc(I)c1OCc1ccccc1C#N. The van der Waals surface area contributed by atoms with Crippen LogP contribution in [0.4, 0.5) is 0 Å². The van der Waals surface area contributed by atoms with E-state index in [0.717, 1.165) is 31.0 Å². The van der Waals surface area contributed by atoms with Crippen LogP contribution < -0.4 is 9.47 Å². The third-order valence-corrected chi connectivity index (χ3v) is 6.07. The standard InChI is InChI=1S/C28H19IN2O2/c1-32-27-15-19(13-23(17-31)25-12-6-10-20-7-4-5-11-24(20)25)14-26(29)28(27)33-18-22-9-3-2-8-21(22)16-30/h2-15H,18H2,1H3/b23-13-. The molecule has 0 unspecified atom stereocenters. The summed E-state index contributed by atoms with van der Waals surface area (Å²) in [5, 5.41) is 21.3. The van der Waals surface area contributed by atoms with E-state index in [1.807, 2.05) is 78.9 Å². The maximum absolute atomic E-state index is 9.91. The van der Waals surface area contributed by atoms with Crippen molar-refractivity contribution in [2.24, 2.45) is 0 Å². The number of benzene rings is 4. The zero-order chi connectivity index (χ0) is 23.2. The molecule has 5 heteroatoms. The molecule has 0 aliphatic carbocycles. The van der Waals surface area contributed by atoms with E-state index >= 15 is 0 Å². The molecule has 0 atom stereocenters. The van der Waals surface area contributed by atoms with Gasteiger partial charge < -0.3 is 9.47 Å². The number of methoxy groups -OCH3 is 1. The summed E-state index contributed by atoms with van der Waals surface area (Å²) in [5.41, 5.74) is 3.69. The molecule has 0 N–H and O–H groups in total. The van der Waals surface area contributed by atoms with Crippen molar-refractivity contribution in [1.82, 2.24) is 0 Å². The second-order valence-corrected chi connectivity index (χ2v) is 8.45. The van der Waals surface area contributed by atoms with Crippen LogP contribution in [0, 0.1) is 26.2 Å². The lowest BCUT2D eigenvalue weighted by atomic mass is 9.97. The van der Waals surface area contributed by atoms with Gasteiger partial charge in [-0.1, -0.05) is 60.7 Å². The normalized spacial score (nSPS) is 11.0. The summed E-state index contributed by atoms with van der Waals surface area (Å²) < 4.78 is 12.5. The van der Waals surface area contributed by atoms with Gasteiger partial charge in [0.05, 0.1) is 34.0 Å². The highest BCUT2D eigenvalue weighted by Crippen LogP contribution is 2.36. The predicted octanol–water partition coefficient (Wildman–Crippen LogP) is 6.97. The average Bonchev–Trinajstić information content (AvgIpc) is 2.86. The van der Waals surface area contributed by atoms with Crippen LogP contribution in [0.3, 0.4) is 0 Å². The van der Waals surface area contributed by atoms with Gasteiger partial charge in [0.25, 0.3) is 0 Å². The first-order valence-corrected chi connectivity index (χ1v) is 11.3. The molecule has 160 valence electrons. The van der Waals surface area contributed by atoms with E-state index in [2.05, 4.69) is 34.7 Å². The molecule has 0 fully saturated rings. The summed E-state index contributed by atoms with van der Waals surface area (Å²) in [4.78, 5) is 0. The molecule has 0 amide bonds. The van der Waals surface area contributed by atoms with Crippen LogP contribution in [0.25, 0.3) is 22.4 Å². The van der Waals surface area contributed by atoms with Gasteiger partial charge in [-0.15, -0.1) is 0 Å². The minimum atomic E-state index is 0.255. The first kappa shape index (κ1) is 22.4. The molecule has 0 aliphatic rings. The first-order chi connectivity index (χ1) is 16.1. The van der Waals surface area contributed by atoms with Crippen molar-refractivity contribution < 1.29 is 9.47 Å². The van der Waals surface area contributed by atoms with Crippen LogP contribution in [0.2, 0.25) is 0 Å². The lowest BCUT2D eigenvalue weighted by Gasteiger charge is -2.14. The maximum atomic E-state index is 9.91. The monoisotopic (exact) mass is 542 g/mol. The lowest BCUT2D eigenvalue weighted by molar-refractivity contribution is 0.282. The molecule has 0 heterocycles. The van der Waals surface area contributed by atoms with Crippen LogP contribution in [-0.2, 0) is 6.61 Å². The fraction of sp³-hybridized carbons (Fsp3) is 0.0714. The van der Waals surface area contributed by atoms with E-state index in [4.69, 9.17) is 9.47 Å². The third-order valence-electron chi connectivity index (χ3n) is 5.27. The second-order valence-electron chi connectivity index (χ2n) is 7.29. The number of ether oxygens (including phenoxy) is 2. The number of halogens is 1. The zero-order valence-corrected chi connectivity index (χ0v) is 20.0. The highest BCUT2D eigenvalue weighted by atomic mass is 127. The molecule has 33 heavy (non-hydrogen) atoms. The number of nitrogens with zero attached hydrogens (tertiary/aromatic N) is 2. The van der Waals surface area contributed by atoms with E-state index in [1.54, 1.807) is 13.2 Å². The first-order valence-electron chi connectivity index (χ1n) is 10.2. The average molecular weight is 542 g/mol. The van der Waals surface area contributed by atoms with Gasteiger partial charge in [0.15, 0.2) is 11.5 Å². The molecule has 0 saturated heterocycles. The Hall–Kier alpha value is -3.81. The van der Waals surface area contributed by atoms with Crippen molar-refractivity contribution >= 4 is 45.0 Å². The van der Waals surface area contributed by atoms with Crippen LogP contribution in [0.15, 0.2) is 78.9 Å². The summed E-state index contributed by atoms with van der Waals surface area (Å²) in [6, 6.07) is 29.7. The summed E-state index contributed by atoms with van der Waals surface area (Å²) in [7, 11) is 1.59. The highest BCUT2D eigenvalue weighted by Gasteiger charge is 2.14. The number of hydrogen-bond acceptors (Lipinski definition) is 4. The van der Waals surface area contributed by atoms with E-state index < -0.39 is 0 Å². The predicted molar refractivity (Wildman–Crippen MR) is 139 cm³/mol. The van der Waals surface area contributed by atoms with Gasteiger partial charge in [0.1, 0.15) is 6.61 Å². The highest BCUT2D eigenvalue weighted by molar-refractivity contribution is 14.1. The Morgan fingerprint density at radius 2 is 1.73 bits per heavy atom. The van der Waals surface area contributed by atoms with Gasteiger partial charge in [-0.3, -0.25) is 0 Å². The van der Waals surface area contributed by atoms with Crippen molar-refractivity contribution in [2.75, 3.05) is 7.11 Å². The van der Waals surface area contributed by atoms with E-state index in [9.17, 15) is 10.5 Å². The number of allylic oxidation sites excluding steroid dienone is 1. The Morgan fingerprint density at radius 3 is 2.52 bits per heavy atom. The Morgan fingerprint density at radius 1 is 0.970 bits per heavy atom. The van der Waals surface area contributed by atoms with Crippen molar-refractivity contribution in [1.29, 1.82) is 10.5 Å². The molecule has 4 aromatic rings. The van der Waals surface area contributed by atoms with Gasteiger partial charge in [0.2, 0.25) is 0 Å². The Labute approximate surface area is 206 Å². The Kier molecular flexibility index (Phi) is 6.92. The van der Waals surface area contributed by atoms with E-state index in [0.29, 0.717) is 22.6 Å². The fourth-order valence-corrected chi connectivity index (χ4v) is 4.45. The minimum Gasteiger partial charge on any atom is -0.493 e. The third kappa shape index (κ3) is 4.84. The summed E-state index contributed by atoms with van der Waals surface area (Å²) in [5.74, 6) is 1.17. The zero-order valence-electron chi connectivity index (χ0n) is 17.9. The van der Waals surface area contributed by atoms with Gasteiger partial charge in [-0.2, -0.15) is 10.5 Å². The van der Waals surface area contributed by atoms with Crippen LogP contribution in [-0.4, -0.2) is 7.11 Å². The topological polar surface area (TPSA) is 66.0 Å². The molecule has 0 aromatic heterocycles. The molecular formula is C28H19IN2O2. The molecule has 4 aromatic carbocycles. The van der Waals surface area contributed by atoms with E-state index in [1.165, 1.54) is 0 Å². The smallest absolute Gasteiger partial charge is 0.174 e. The van der Waals surface area contributed by atoms with Crippen molar-refractivity contribution in [3.8, 4) is 23.6 Å². The lowest BCUT2D eigenvalue weighted by Crippen LogP contribution is -2.02. The molecule has 0 spiro atoms. The molecule has 0 aliphatic heterocycles. The molecule has 0 saturated carbocycles. The maximum Gasteiger partial charge on any atom is 0.174 e. The molecular weight excluding hydrogens is 523 g/mol. The van der Waals surface area contributed by atoms with Gasteiger partial charge in [0, 0.05) is 11.1 Å². The largest absolute Gasteiger partial charge is 0.493 e. The molecule has 4 nitrogen and oxygen atoms in total. The van der Waals surface area contributed by atoms with Gasteiger partial charge in [-0.25, -0.2) is 0 Å². The summed E-state index contributed by atoms with van der Waals surface area (Å²) >= 11 is 2.20. The molecule has 4 rings (SSSR count). The van der Waals surface area contributed by atoms with E-state index in [-0.39, 0.29) is 6.61 Å².